The molecule has 0 fully saturated rings. The summed E-state index contributed by atoms with van der Waals surface area (Å²) in [5, 5.41) is 10.7. The van der Waals surface area contributed by atoms with E-state index in [-0.39, 0.29) is 6.10 Å². The topological polar surface area (TPSA) is 72.7 Å². The van der Waals surface area contributed by atoms with Crippen LogP contribution in [0.2, 0.25) is 0 Å². The molecule has 0 radical (unpaired) electrons. The normalized spacial score (nSPS) is 12.6. The summed E-state index contributed by atoms with van der Waals surface area (Å²) in [4.78, 5) is 4.23. The summed E-state index contributed by atoms with van der Waals surface area (Å²) in [6.07, 6.45) is 4.78. The van der Waals surface area contributed by atoms with E-state index in [0.717, 1.165) is 30.4 Å². The van der Waals surface area contributed by atoms with Gasteiger partial charge in [-0.3, -0.25) is 9.67 Å². The van der Waals surface area contributed by atoms with Crippen LogP contribution in [0.4, 0.5) is 0 Å². The van der Waals surface area contributed by atoms with Crippen molar-refractivity contribution in [3.05, 3.63) is 42.2 Å². The molecular formula is C18H27N5O2. The zero-order valence-electron chi connectivity index (χ0n) is 15.3. The van der Waals surface area contributed by atoms with Crippen LogP contribution in [0.1, 0.15) is 12.5 Å². The van der Waals surface area contributed by atoms with Gasteiger partial charge in [0.2, 0.25) is 0 Å². The second kappa shape index (κ2) is 9.56. The molecule has 0 saturated heterocycles. The van der Waals surface area contributed by atoms with Crippen LogP contribution in [0.3, 0.4) is 0 Å². The van der Waals surface area contributed by atoms with E-state index >= 15 is 0 Å². The summed E-state index contributed by atoms with van der Waals surface area (Å²) < 4.78 is 12.9. The number of hydrogen-bond acceptors (Lipinski definition) is 4. The molecule has 1 heterocycles. The van der Waals surface area contributed by atoms with Gasteiger partial charge in [0, 0.05) is 32.9 Å². The van der Waals surface area contributed by atoms with Crippen molar-refractivity contribution in [2.45, 2.75) is 19.4 Å². The van der Waals surface area contributed by atoms with Gasteiger partial charge in [0.05, 0.1) is 19.9 Å². The summed E-state index contributed by atoms with van der Waals surface area (Å²) in [5.74, 6) is 2.32. The SMILES string of the molecule is CN=C(NCCc1cnn(C)c1)NCC(C)Oc1cccc(OC)c1. The lowest BCUT2D eigenvalue weighted by atomic mass is 10.2. The quantitative estimate of drug-likeness (QED) is 0.562. The van der Waals surface area contributed by atoms with Crippen molar-refractivity contribution in [2.24, 2.45) is 12.0 Å². The van der Waals surface area contributed by atoms with Crippen molar-refractivity contribution in [1.29, 1.82) is 0 Å². The minimum absolute atomic E-state index is 0.0102. The van der Waals surface area contributed by atoms with Crippen LogP contribution in [0.5, 0.6) is 11.5 Å². The number of aromatic nitrogens is 2. The highest BCUT2D eigenvalue weighted by Crippen LogP contribution is 2.19. The summed E-state index contributed by atoms with van der Waals surface area (Å²) in [6.45, 7) is 3.44. The van der Waals surface area contributed by atoms with Crippen molar-refractivity contribution >= 4 is 5.96 Å². The highest BCUT2D eigenvalue weighted by molar-refractivity contribution is 5.79. The number of aliphatic imine (C=N–C) groups is 1. The van der Waals surface area contributed by atoms with E-state index in [1.807, 2.05) is 50.6 Å². The van der Waals surface area contributed by atoms with Gasteiger partial charge in [-0.2, -0.15) is 5.10 Å². The lowest BCUT2D eigenvalue weighted by Crippen LogP contribution is -2.42. The summed E-state index contributed by atoms with van der Waals surface area (Å²) in [7, 11) is 5.32. The number of aryl methyl sites for hydroxylation is 1. The Balaban J connectivity index is 1.71. The average molecular weight is 345 g/mol. The van der Waals surface area contributed by atoms with E-state index in [1.54, 1.807) is 18.8 Å². The third kappa shape index (κ3) is 6.37. The van der Waals surface area contributed by atoms with E-state index in [2.05, 4.69) is 20.7 Å². The van der Waals surface area contributed by atoms with Gasteiger partial charge in [0.1, 0.15) is 17.6 Å². The van der Waals surface area contributed by atoms with Gasteiger partial charge in [-0.25, -0.2) is 0 Å². The minimum Gasteiger partial charge on any atom is -0.497 e. The first kappa shape index (κ1) is 18.6. The maximum absolute atomic E-state index is 5.89. The third-order valence-corrected chi connectivity index (χ3v) is 3.62. The average Bonchev–Trinajstić information content (AvgIpc) is 3.03. The second-order valence-corrected chi connectivity index (χ2v) is 5.76. The summed E-state index contributed by atoms with van der Waals surface area (Å²) in [6, 6.07) is 7.59. The van der Waals surface area contributed by atoms with Crippen LogP contribution in [-0.2, 0) is 13.5 Å². The monoisotopic (exact) mass is 345 g/mol. The Morgan fingerprint density at radius 2 is 2.12 bits per heavy atom. The first-order valence-corrected chi connectivity index (χ1v) is 8.33. The molecule has 2 N–H and O–H groups in total. The Hall–Kier alpha value is -2.70. The molecule has 25 heavy (non-hydrogen) atoms. The van der Waals surface area contributed by atoms with Crippen molar-refractivity contribution in [3.63, 3.8) is 0 Å². The molecule has 1 unspecified atom stereocenters. The molecule has 1 aromatic carbocycles. The fraction of sp³-hybridized carbons (Fsp3) is 0.444. The predicted octanol–water partition coefficient (Wildman–Crippen LogP) is 1.60. The van der Waals surface area contributed by atoms with Crippen LogP contribution in [0.25, 0.3) is 0 Å². The highest BCUT2D eigenvalue weighted by Gasteiger charge is 2.06. The van der Waals surface area contributed by atoms with Crippen LogP contribution in [0.15, 0.2) is 41.7 Å². The molecule has 0 aliphatic rings. The Morgan fingerprint density at radius 3 is 2.80 bits per heavy atom. The molecule has 7 nitrogen and oxygen atoms in total. The minimum atomic E-state index is -0.0102. The van der Waals surface area contributed by atoms with Gasteiger partial charge in [0.15, 0.2) is 5.96 Å². The molecule has 0 aliphatic heterocycles. The van der Waals surface area contributed by atoms with Gasteiger partial charge in [-0.05, 0) is 31.0 Å². The molecule has 0 saturated carbocycles. The van der Waals surface area contributed by atoms with Crippen molar-refractivity contribution in [1.82, 2.24) is 20.4 Å². The smallest absolute Gasteiger partial charge is 0.191 e. The van der Waals surface area contributed by atoms with E-state index in [1.165, 1.54) is 5.56 Å². The maximum atomic E-state index is 5.89. The van der Waals surface area contributed by atoms with Gasteiger partial charge in [-0.15, -0.1) is 0 Å². The van der Waals surface area contributed by atoms with Crippen LogP contribution in [0, 0.1) is 0 Å². The first-order valence-electron chi connectivity index (χ1n) is 8.33. The molecule has 2 aromatic rings. The molecule has 1 aromatic heterocycles. The number of nitrogens with one attached hydrogen (secondary N) is 2. The Kier molecular flexibility index (Phi) is 7.13. The summed E-state index contributed by atoms with van der Waals surface area (Å²) >= 11 is 0. The number of benzene rings is 1. The predicted molar refractivity (Wildman–Crippen MR) is 99.4 cm³/mol. The Bertz CT molecular complexity index is 684. The molecule has 1 atom stereocenters. The zero-order chi connectivity index (χ0) is 18.1. The first-order chi connectivity index (χ1) is 12.1. The molecule has 0 aliphatic carbocycles. The molecule has 136 valence electrons. The molecule has 0 bridgehead atoms. The highest BCUT2D eigenvalue weighted by atomic mass is 16.5. The van der Waals surface area contributed by atoms with Crippen molar-refractivity contribution in [2.75, 3.05) is 27.2 Å². The number of nitrogens with zero attached hydrogens (tertiary/aromatic N) is 3. The van der Waals surface area contributed by atoms with Crippen molar-refractivity contribution in [3.8, 4) is 11.5 Å². The number of methoxy groups -OCH3 is 1. The second-order valence-electron chi connectivity index (χ2n) is 5.76. The lowest BCUT2D eigenvalue weighted by molar-refractivity contribution is 0.223. The van der Waals surface area contributed by atoms with Crippen LogP contribution < -0.4 is 20.1 Å². The van der Waals surface area contributed by atoms with Crippen LogP contribution >= 0.6 is 0 Å². The fourth-order valence-corrected chi connectivity index (χ4v) is 2.34. The van der Waals surface area contributed by atoms with E-state index in [9.17, 15) is 0 Å². The Labute approximate surface area is 149 Å². The largest absolute Gasteiger partial charge is 0.497 e. The van der Waals surface area contributed by atoms with E-state index in [4.69, 9.17) is 9.47 Å². The maximum Gasteiger partial charge on any atom is 0.191 e. The zero-order valence-corrected chi connectivity index (χ0v) is 15.3. The number of hydrogen-bond donors (Lipinski definition) is 2. The third-order valence-electron chi connectivity index (χ3n) is 3.62. The molecule has 7 heteroatoms. The standard InChI is InChI=1S/C18H27N5O2/c1-14(25-17-7-5-6-16(10-17)24-4)11-21-18(19-2)20-9-8-15-12-22-23(3)13-15/h5-7,10,12-14H,8-9,11H2,1-4H3,(H2,19,20,21). The van der Waals surface area contributed by atoms with Crippen LogP contribution in [-0.4, -0.2) is 49.1 Å². The van der Waals surface area contributed by atoms with E-state index in [0.29, 0.717) is 6.54 Å². The van der Waals surface area contributed by atoms with Gasteiger partial charge >= 0.3 is 0 Å². The Morgan fingerprint density at radius 1 is 1.32 bits per heavy atom. The summed E-state index contributed by atoms with van der Waals surface area (Å²) in [5.41, 5.74) is 1.19. The molecule has 0 amide bonds. The molecular weight excluding hydrogens is 318 g/mol. The van der Waals surface area contributed by atoms with Gasteiger partial charge < -0.3 is 20.1 Å². The molecule has 2 rings (SSSR count). The number of rotatable bonds is 8. The number of guanidine groups is 1. The fourth-order valence-electron chi connectivity index (χ4n) is 2.34. The molecule has 0 spiro atoms. The lowest BCUT2D eigenvalue weighted by Gasteiger charge is -2.18. The number of ether oxygens (including phenoxy) is 2. The van der Waals surface area contributed by atoms with Gasteiger partial charge in [-0.1, -0.05) is 6.07 Å². The van der Waals surface area contributed by atoms with Crippen molar-refractivity contribution < 1.29 is 9.47 Å². The van der Waals surface area contributed by atoms with E-state index < -0.39 is 0 Å². The van der Waals surface area contributed by atoms with Gasteiger partial charge in [0.25, 0.3) is 0 Å².